The predicted molar refractivity (Wildman–Crippen MR) is 102 cm³/mol. The number of carbonyl (C=O) groups is 1. The van der Waals surface area contributed by atoms with Gasteiger partial charge in [0.2, 0.25) is 15.9 Å². The van der Waals surface area contributed by atoms with Gasteiger partial charge in [-0.1, -0.05) is 0 Å². The van der Waals surface area contributed by atoms with Crippen molar-refractivity contribution in [2.24, 2.45) is 0 Å². The highest BCUT2D eigenvalue weighted by Crippen LogP contribution is 2.12. The molecule has 3 heterocycles. The van der Waals surface area contributed by atoms with E-state index in [1.807, 2.05) is 0 Å². The molecule has 0 unspecified atom stereocenters. The van der Waals surface area contributed by atoms with Gasteiger partial charge in [-0.2, -0.15) is 5.10 Å². The van der Waals surface area contributed by atoms with Crippen molar-refractivity contribution in [3.05, 3.63) is 63.7 Å². The molecule has 0 aliphatic heterocycles. The molecule has 12 heteroatoms. The van der Waals surface area contributed by atoms with Crippen molar-refractivity contribution in [1.82, 2.24) is 24.5 Å². The number of nitrogens with zero attached hydrogens (tertiary/aromatic N) is 3. The Morgan fingerprint density at radius 1 is 1.18 bits per heavy atom. The lowest BCUT2D eigenvalue weighted by atomic mass is 10.4. The number of H-pyrrole nitrogens is 1. The molecule has 0 atom stereocenters. The third-order valence-electron chi connectivity index (χ3n) is 3.84. The Morgan fingerprint density at radius 2 is 2.00 bits per heavy atom. The van der Waals surface area contributed by atoms with Gasteiger partial charge in [0.05, 0.1) is 17.0 Å². The van der Waals surface area contributed by atoms with Gasteiger partial charge in [0.1, 0.15) is 0 Å². The highest BCUT2D eigenvalue weighted by Gasteiger charge is 2.12. The molecule has 3 aromatic rings. The third-order valence-corrected chi connectivity index (χ3v) is 5.13. The molecule has 148 valence electrons. The van der Waals surface area contributed by atoms with E-state index in [-0.39, 0.29) is 25.3 Å². The van der Waals surface area contributed by atoms with Gasteiger partial charge in [0.25, 0.3) is 5.56 Å². The van der Waals surface area contributed by atoms with E-state index in [4.69, 9.17) is 0 Å². The van der Waals surface area contributed by atoms with E-state index in [0.29, 0.717) is 5.69 Å². The van der Waals surface area contributed by atoms with Crippen LogP contribution in [0.4, 0.5) is 5.69 Å². The first kappa shape index (κ1) is 19.4. The van der Waals surface area contributed by atoms with Gasteiger partial charge in [0.15, 0.2) is 0 Å². The highest BCUT2D eigenvalue weighted by molar-refractivity contribution is 7.92. The summed E-state index contributed by atoms with van der Waals surface area (Å²) >= 11 is 0. The van der Waals surface area contributed by atoms with Crippen LogP contribution in [0.15, 0.2) is 52.4 Å². The van der Waals surface area contributed by atoms with Crippen LogP contribution in [0.25, 0.3) is 5.52 Å². The number of sulfonamides is 1. The molecular formula is C16H18N6O5S. The molecule has 0 aromatic carbocycles. The molecule has 0 bridgehead atoms. The average Bonchev–Trinajstić information content (AvgIpc) is 3.08. The van der Waals surface area contributed by atoms with E-state index in [1.54, 1.807) is 35.1 Å². The van der Waals surface area contributed by atoms with E-state index in [1.165, 1.54) is 16.8 Å². The van der Waals surface area contributed by atoms with Crippen molar-refractivity contribution in [3.8, 4) is 0 Å². The second-order valence-corrected chi connectivity index (χ2v) is 7.78. The Bertz CT molecular complexity index is 1210. The second-order valence-electron chi connectivity index (χ2n) is 5.94. The molecule has 0 fully saturated rings. The number of nitrogens with one attached hydrogen (secondary N) is 3. The molecule has 3 aromatic heterocycles. The minimum absolute atomic E-state index is 0.0304. The zero-order chi connectivity index (χ0) is 20.1. The van der Waals surface area contributed by atoms with E-state index in [0.717, 1.165) is 5.52 Å². The molecule has 11 nitrogen and oxygen atoms in total. The average molecular weight is 406 g/mol. The summed E-state index contributed by atoms with van der Waals surface area (Å²) in [6.45, 7) is -0.0125. The fourth-order valence-electron chi connectivity index (χ4n) is 2.47. The number of fused-ring (bicyclic) bond motifs is 1. The van der Waals surface area contributed by atoms with Gasteiger partial charge in [-0.3, -0.25) is 19.3 Å². The minimum Gasteiger partial charge on any atom is -0.355 e. The number of hydrogen-bond donors (Lipinski definition) is 3. The van der Waals surface area contributed by atoms with Crippen LogP contribution in [0.3, 0.4) is 0 Å². The molecule has 0 aliphatic carbocycles. The minimum atomic E-state index is -3.65. The fraction of sp³-hybridized carbons (Fsp3) is 0.250. The van der Waals surface area contributed by atoms with Crippen molar-refractivity contribution in [2.75, 3.05) is 17.0 Å². The van der Waals surface area contributed by atoms with Gasteiger partial charge >= 0.3 is 5.69 Å². The molecule has 28 heavy (non-hydrogen) atoms. The Labute approximate surface area is 159 Å². The fourth-order valence-corrected chi connectivity index (χ4v) is 3.43. The molecule has 0 saturated heterocycles. The van der Waals surface area contributed by atoms with Crippen LogP contribution in [0.5, 0.6) is 0 Å². The summed E-state index contributed by atoms with van der Waals surface area (Å²) < 4.78 is 29.5. The number of pyridine rings is 1. The zero-order valence-corrected chi connectivity index (χ0v) is 15.5. The number of carbonyl (C=O) groups excluding carboxylic acids is 1. The monoisotopic (exact) mass is 406 g/mol. The van der Waals surface area contributed by atoms with Crippen LogP contribution in [0.2, 0.25) is 0 Å². The summed E-state index contributed by atoms with van der Waals surface area (Å²) in [6, 6.07) is 6.15. The van der Waals surface area contributed by atoms with E-state index >= 15 is 0 Å². The Kier molecular flexibility index (Phi) is 5.59. The van der Waals surface area contributed by atoms with Crippen molar-refractivity contribution in [2.45, 2.75) is 13.0 Å². The first-order valence-corrected chi connectivity index (χ1v) is 9.98. The maximum Gasteiger partial charge on any atom is 0.328 e. The van der Waals surface area contributed by atoms with Crippen LogP contribution in [-0.4, -0.2) is 45.8 Å². The molecule has 3 rings (SSSR count). The number of amides is 1. The Balaban J connectivity index is 1.46. The topological polar surface area (TPSA) is 147 Å². The van der Waals surface area contributed by atoms with Gasteiger partial charge in [-0.15, -0.1) is 0 Å². The first-order valence-electron chi connectivity index (χ1n) is 8.33. The van der Waals surface area contributed by atoms with E-state index < -0.39 is 27.2 Å². The number of aryl methyl sites for hydroxylation is 1. The van der Waals surface area contributed by atoms with Crippen LogP contribution in [0, 0.1) is 0 Å². The van der Waals surface area contributed by atoms with Gasteiger partial charge in [0, 0.05) is 44.2 Å². The summed E-state index contributed by atoms with van der Waals surface area (Å²) in [7, 11) is -3.65. The lowest BCUT2D eigenvalue weighted by Gasteiger charge is -2.09. The van der Waals surface area contributed by atoms with Gasteiger partial charge < -0.3 is 9.88 Å². The van der Waals surface area contributed by atoms with Crippen molar-refractivity contribution < 1.29 is 13.2 Å². The van der Waals surface area contributed by atoms with Crippen molar-refractivity contribution in [1.29, 1.82) is 0 Å². The molecular weight excluding hydrogens is 388 g/mol. The van der Waals surface area contributed by atoms with Gasteiger partial charge in [-0.05, 0) is 18.2 Å². The third kappa shape index (κ3) is 5.07. The predicted octanol–water partition coefficient (Wildman–Crippen LogP) is -0.867. The maximum atomic E-state index is 12.1. The summed E-state index contributed by atoms with van der Waals surface area (Å²) in [5.41, 5.74) is 0.0146. The van der Waals surface area contributed by atoms with Crippen LogP contribution in [0.1, 0.15) is 6.42 Å². The lowest BCUT2D eigenvalue weighted by Crippen LogP contribution is -2.33. The largest absolute Gasteiger partial charge is 0.355 e. The summed E-state index contributed by atoms with van der Waals surface area (Å²) in [5.74, 6) is -0.712. The van der Waals surface area contributed by atoms with Crippen LogP contribution >= 0.6 is 0 Å². The SMILES string of the molecule is O=C(CCn1ccc(=O)[nH]c1=O)NCCS(=O)(=O)Nc1ccn2nccc2c1. The molecule has 0 saturated carbocycles. The lowest BCUT2D eigenvalue weighted by molar-refractivity contribution is -0.121. The van der Waals surface area contributed by atoms with Crippen molar-refractivity contribution in [3.63, 3.8) is 0 Å². The summed E-state index contributed by atoms with van der Waals surface area (Å²) in [6.07, 6.45) is 4.50. The molecule has 1 amide bonds. The summed E-state index contributed by atoms with van der Waals surface area (Å²) in [5, 5.41) is 6.52. The molecule has 3 N–H and O–H groups in total. The highest BCUT2D eigenvalue weighted by atomic mass is 32.2. The smallest absolute Gasteiger partial charge is 0.328 e. The maximum absolute atomic E-state index is 12.1. The summed E-state index contributed by atoms with van der Waals surface area (Å²) in [4.78, 5) is 36.4. The Morgan fingerprint density at radius 3 is 2.79 bits per heavy atom. The van der Waals surface area contributed by atoms with E-state index in [2.05, 4.69) is 20.1 Å². The Hall–Kier alpha value is -3.41. The molecule has 0 spiro atoms. The number of hydrogen-bond acceptors (Lipinski definition) is 6. The standard InChI is InChI=1S/C16H18N6O5S/c23-14(3-7-21-8-4-15(24)19-16(21)25)17-6-10-28(26,27)20-12-2-9-22-13(11-12)1-5-18-22/h1-2,4-5,8-9,11,20H,3,6-7,10H2,(H,17,23)(H,19,24,25). The second kappa shape index (κ2) is 8.08. The van der Waals surface area contributed by atoms with Crippen LogP contribution < -0.4 is 21.3 Å². The number of aromatic amines is 1. The van der Waals surface area contributed by atoms with Gasteiger partial charge in [-0.25, -0.2) is 17.7 Å². The quantitative estimate of drug-likeness (QED) is 0.443. The number of anilines is 1. The number of aromatic nitrogens is 4. The normalized spacial score (nSPS) is 11.4. The van der Waals surface area contributed by atoms with E-state index in [9.17, 15) is 22.8 Å². The number of rotatable bonds is 8. The first-order chi connectivity index (χ1) is 13.3. The van der Waals surface area contributed by atoms with Crippen molar-refractivity contribution >= 4 is 27.1 Å². The molecule has 0 radical (unpaired) electrons. The zero-order valence-electron chi connectivity index (χ0n) is 14.7. The van der Waals surface area contributed by atoms with Crippen LogP contribution in [-0.2, 0) is 21.4 Å². The molecule has 0 aliphatic rings.